The third-order valence-corrected chi connectivity index (χ3v) is 2.62. The fraction of sp³-hybridized carbons (Fsp3) is 0.500. The molecule has 16 heavy (non-hydrogen) atoms. The molecule has 0 amide bonds. The highest BCUT2D eigenvalue weighted by Crippen LogP contribution is 2.28. The van der Waals surface area contributed by atoms with Crippen molar-refractivity contribution < 1.29 is 13.2 Å². The number of pyridine rings is 1. The molecule has 0 saturated heterocycles. The summed E-state index contributed by atoms with van der Waals surface area (Å²) >= 11 is 1.73. The molecule has 1 heterocycles. The van der Waals surface area contributed by atoms with Crippen LogP contribution in [0, 0.1) is 0 Å². The Hall–Kier alpha value is -0.910. The van der Waals surface area contributed by atoms with Crippen LogP contribution in [0.5, 0.6) is 0 Å². The van der Waals surface area contributed by atoms with Crippen molar-refractivity contribution in [1.82, 2.24) is 4.98 Å². The Labute approximate surface area is 96.6 Å². The van der Waals surface area contributed by atoms with Gasteiger partial charge in [-0.15, -0.1) is 0 Å². The second-order valence-corrected chi connectivity index (χ2v) is 4.19. The topological polar surface area (TPSA) is 24.9 Å². The van der Waals surface area contributed by atoms with Crippen molar-refractivity contribution >= 4 is 17.6 Å². The van der Waals surface area contributed by atoms with Crippen molar-refractivity contribution in [1.29, 1.82) is 0 Å². The number of thioether (sulfide) groups is 1. The number of anilines is 1. The lowest BCUT2D eigenvalue weighted by molar-refractivity contribution is -0.137. The Balaban J connectivity index is 2.46. The highest BCUT2D eigenvalue weighted by molar-refractivity contribution is 7.98. The summed E-state index contributed by atoms with van der Waals surface area (Å²) in [5.41, 5.74) is -0.720. The fourth-order valence-corrected chi connectivity index (χ4v) is 1.53. The summed E-state index contributed by atoms with van der Waals surface area (Å²) in [6, 6.07) is 2.38. The predicted molar refractivity (Wildman–Crippen MR) is 60.7 cm³/mol. The minimum atomic E-state index is -4.32. The normalized spacial score (nSPS) is 11.5. The van der Waals surface area contributed by atoms with E-state index in [1.165, 1.54) is 6.07 Å². The minimum Gasteiger partial charge on any atom is -0.370 e. The highest BCUT2D eigenvalue weighted by Gasteiger charge is 2.30. The van der Waals surface area contributed by atoms with Crippen LogP contribution in [0.1, 0.15) is 12.0 Å². The van der Waals surface area contributed by atoms with Gasteiger partial charge in [-0.05, 0) is 30.6 Å². The number of alkyl halides is 3. The zero-order chi connectivity index (χ0) is 12.0. The Morgan fingerprint density at radius 3 is 2.62 bits per heavy atom. The van der Waals surface area contributed by atoms with Crippen molar-refractivity contribution in [3.8, 4) is 0 Å². The molecule has 0 saturated carbocycles. The van der Waals surface area contributed by atoms with E-state index in [9.17, 15) is 13.2 Å². The van der Waals surface area contributed by atoms with Gasteiger partial charge in [-0.25, -0.2) is 4.98 Å². The Kier molecular flexibility index (Phi) is 4.92. The Morgan fingerprint density at radius 1 is 1.38 bits per heavy atom. The van der Waals surface area contributed by atoms with Crippen LogP contribution in [-0.4, -0.2) is 23.5 Å². The average molecular weight is 250 g/mol. The third kappa shape index (κ3) is 4.30. The molecule has 0 aliphatic carbocycles. The van der Waals surface area contributed by atoms with Gasteiger partial charge in [0.15, 0.2) is 0 Å². The first kappa shape index (κ1) is 13.2. The Bertz CT molecular complexity index is 311. The lowest BCUT2D eigenvalue weighted by Crippen LogP contribution is -2.08. The summed E-state index contributed by atoms with van der Waals surface area (Å²) in [4.78, 5) is 3.70. The molecule has 1 aromatic heterocycles. The number of hydrogen-bond acceptors (Lipinski definition) is 3. The van der Waals surface area contributed by atoms with Crippen molar-refractivity contribution in [2.75, 3.05) is 23.9 Å². The quantitative estimate of drug-likeness (QED) is 0.812. The average Bonchev–Trinajstić information content (AvgIpc) is 2.24. The molecule has 0 fully saturated rings. The van der Waals surface area contributed by atoms with Gasteiger partial charge >= 0.3 is 6.18 Å². The van der Waals surface area contributed by atoms with E-state index in [2.05, 4.69) is 10.3 Å². The van der Waals surface area contributed by atoms with Crippen LogP contribution >= 0.6 is 11.8 Å². The molecule has 0 atom stereocenters. The second-order valence-electron chi connectivity index (χ2n) is 3.20. The van der Waals surface area contributed by atoms with E-state index in [-0.39, 0.29) is 0 Å². The van der Waals surface area contributed by atoms with Crippen LogP contribution in [0.3, 0.4) is 0 Å². The van der Waals surface area contributed by atoms with E-state index in [0.717, 1.165) is 31.0 Å². The number of nitrogens with one attached hydrogen (secondary N) is 1. The molecule has 2 nitrogen and oxygen atoms in total. The largest absolute Gasteiger partial charge is 0.417 e. The zero-order valence-corrected chi connectivity index (χ0v) is 9.66. The van der Waals surface area contributed by atoms with Crippen molar-refractivity contribution in [3.05, 3.63) is 23.9 Å². The van der Waals surface area contributed by atoms with Gasteiger partial charge in [0.25, 0.3) is 0 Å². The first-order valence-corrected chi connectivity index (χ1v) is 6.19. The molecule has 0 aromatic carbocycles. The molecular formula is C10H13F3N2S. The van der Waals surface area contributed by atoms with Crippen molar-refractivity contribution in [2.24, 2.45) is 0 Å². The smallest absolute Gasteiger partial charge is 0.370 e. The summed E-state index contributed by atoms with van der Waals surface area (Å²) in [7, 11) is 0. The fourth-order valence-electron chi connectivity index (χ4n) is 1.10. The van der Waals surface area contributed by atoms with E-state index in [4.69, 9.17) is 0 Å². The van der Waals surface area contributed by atoms with Crippen molar-refractivity contribution in [2.45, 2.75) is 12.6 Å². The number of aromatic nitrogens is 1. The zero-order valence-electron chi connectivity index (χ0n) is 8.84. The molecule has 0 bridgehead atoms. The van der Waals surface area contributed by atoms with Gasteiger partial charge in [-0.2, -0.15) is 24.9 Å². The van der Waals surface area contributed by atoms with Gasteiger partial charge in [-0.1, -0.05) is 0 Å². The maximum atomic E-state index is 12.2. The number of rotatable bonds is 5. The van der Waals surface area contributed by atoms with Gasteiger partial charge < -0.3 is 5.32 Å². The van der Waals surface area contributed by atoms with Crippen LogP contribution in [-0.2, 0) is 6.18 Å². The van der Waals surface area contributed by atoms with Gasteiger partial charge in [0.1, 0.15) is 5.82 Å². The number of nitrogens with zero attached hydrogens (tertiary/aromatic N) is 1. The van der Waals surface area contributed by atoms with Gasteiger partial charge in [0.05, 0.1) is 5.56 Å². The Morgan fingerprint density at radius 2 is 2.12 bits per heavy atom. The van der Waals surface area contributed by atoms with Gasteiger partial charge in [0.2, 0.25) is 0 Å². The minimum absolute atomic E-state index is 0.481. The van der Waals surface area contributed by atoms with E-state index in [0.29, 0.717) is 5.82 Å². The van der Waals surface area contributed by atoms with E-state index in [1.54, 1.807) is 11.8 Å². The molecule has 1 rings (SSSR count). The van der Waals surface area contributed by atoms with E-state index >= 15 is 0 Å². The van der Waals surface area contributed by atoms with Crippen LogP contribution in [0.25, 0.3) is 0 Å². The van der Waals surface area contributed by atoms with E-state index < -0.39 is 11.7 Å². The summed E-state index contributed by atoms with van der Waals surface area (Å²) in [6.07, 6.45) is -0.498. The molecule has 0 aliphatic rings. The molecule has 0 radical (unpaired) electrons. The molecule has 0 unspecified atom stereocenters. The SMILES string of the molecule is CSCCCNc1ccc(C(F)(F)F)cn1. The van der Waals surface area contributed by atoms with Crippen LogP contribution in [0.15, 0.2) is 18.3 Å². The predicted octanol–water partition coefficient (Wildman–Crippen LogP) is 3.27. The van der Waals surface area contributed by atoms with Crippen molar-refractivity contribution in [3.63, 3.8) is 0 Å². The molecule has 1 aromatic rings. The van der Waals surface area contributed by atoms with Gasteiger partial charge in [-0.3, -0.25) is 0 Å². The first-order chi connectivity index (χ1) is 7.54. The third-order valence-electron chi connectivity index (χ3n) is 1.92. The summed E-state index contributed by atoms with van der Waals surface area (Å²) in [5.74, 6) is 1.50. The molecule has 6 heteroatoms. The van der Waals surface area contributed by atoms with Gasteiger partial charge in [0, 0.05) is 12.7 Å². The van der Waals surface area contributed by atoms with Crippen LogP contribution < -0.4 is 5.32 Å². The standard InChI is InChI=1S/C10H13F3N2S/c1-16-6-2-5-14-9-4-3-8(7-15-9)10(11,12)13/h3-4,7H,2,5-6H2,1H3,(H,14,15). The lowest BCUT2D eigenvalue weighted by atomic mass is 10.3. The monoisotopic (exact) mass is 250 g/mol. The van der Waals surface area contributed by atoms with Crippen LogP contribution in [0.4, 0.5) is 19.0 Å². The molecular weight excluding hydrogens is 237 g/mol. The molecule has 90 valence electrons. The summed E-state index contributed by atoms with van der Waals surface area (Å²) in [5, 5.41) is 2.97. The molecule has 0 spiro atoms. The molecule has 0 aliphatic heterocycles. The second kappa shape index (κ2) is 5.98. The lowest BCUT2D eigenvalue weighted by Gasteiger charge is -2.08. The van der Waals surface area contributed by atoms with E-state index in [1.807, 2.05) is 6.26 Å². The first-order valence-electron chi connectivity index (χ1n) is 4.80. The maximum Gasteiger partial charge on any atom is 0.417 e. The van der Waals surface area contributed by atoms with Crippen LogP contribution in [0.2, 0.25) is 0 Å². The highest BCUT2D eigenvalue weighted by atomic mass is 32.2. The maximum absolute atomic E-state index is 12.2. The molecule has 1 N–H and O–H groups in total. The number of hydrogen-bond donors (Lipinski definition) is 1. The summed E-state index contributed by atoms with van der Waals surface area (Å²) in [6.45, 7) is 0.721. The number of halogens is 3. The summed E-state index contributed by atoms with van der Waals surface area (Å²) < 4.78 is 36.6.